The molecule has 0 atom stereocenters. The number of aryl methyl sites for hydroxylation is 2. The van der Waals surface area contributed by atoms with E-state index in [1.165, 1.54) is 22.7 Å². The molecule has 0 aliphatic carbocycles. The number of thiophene rings is 1. The van der Waals surface area contributed by atoms with Crippen LogP contribution in [0.3, 0.4) is 0 Å². The number of aromatic nitrogens is 1. The van der Waals surface area contributed by atoms with E-state index in [2.05, 4.69) is 15.0 Å². The predicted octanol–water partition coefficient (Wildman–Crippen LogP) is 2.17. The fraction of sp³-hybridized carbons (Fsp3) is 0.385. The van der Waals surface area contributed by atoms with Crippen LogP contribution < -0.4 is 10.0 Å². The summed E-state index contributed by atoms with van der Waals surface area (Å²) in [4.78, 5) is 19.0. The van der Waals surface area contributed by atoms with Crippen LogP contribution in [-0.4, -0.2) is 32.1 Å². The maximum Gasteiger partial charge on any atom is 0.267 e. The quantitative estimate of drug-likeness (QED) is 0.827. The van der Waals surface area contributed by atoms with Crippen molar-refractivity contribution in [3.05, 3.63) is 32.5 Å². The highest BCUT2D eigenvalue weighted by Gasteiger charge is 2.12. The lowest BCUT2D eigenvalue weighted by Crippen LogP contribution is -2.24. The van der Waals surface area contributed by atoms with Gasteiger partial charge in [-0.3, -0.25) is 10.1 Å². The average molecular weight is 359 g/mol. The highest BCUT2D eigenvalue weighted by Crippen LogP contribution is 2.23. The molecule has 0 radical (unpaired) electrons. The fourth-order valence-corrected chi connectivity index (χ4v) is 3.86. The molecule has 0 aliphatic rings. The Kier molecular flexibility index (Phi) is 5.32. The minimum Gasteiger partial charge on any atom is -0.297 e. The molecule has 0 saturated heterocycles. The van der Waals surface area contributed by atoms with Gasteiger partial charge in [-0.05, 0) is 32.4 Å². The Balaban J connectivity index is 1.94. The smallest absolute Gasteiger partial charge is 0.267 e. The molecule has 0 bridgehead atoms. The summed E-state index contributed by atoms with van der Waals surface area (Å²) in [5, 5.41) is 3.37. The molecule has 6 nitrogen and oxygen atoms in total. The van der Waals surface area contributed by atoms with Gasteiger partial charge in [0.15, 0.2) is 5.13 Å². The molecular weight excluding hydrogens is 342 g/mol. The van der Waals surface area contributed by atoms with Crippen molar-refractivity contribution in [2.45, 2.75) is 20.3 Å². The van der Waals surface area contributed by atoms with E-state index < -0.39 is 10.0 Å². The number of sulfonamides is 1. The van der Waals surface area contributed by atoms with Crippen LogP contribution in [0.15, 0.2) is 12.1 Å². The van der Waals surface area contributed by atoms with Crippen LogP contribution in [0.4, 0.5) is 5.13 Å². The van der Waals surface area contributed by atoms with Crippen LogP contribution in [0.1, 0.15) is 25.1 Å². The first-order chi connectivity index (χ1) is 10.2. The van der Waals surface area contributed by atoms with Crippen molar-refractivity contribution in [2.24, 2.45) is 0 Å². The summed E-state index contributed by atoms with van der Waals surface area (Å²) >= 11 is 2.80. The zero-order chi connectivity index (χ0) is 16.3. The first-order valence-corrected chi connectivity index (χ1v) is 10.1. The minimum absolute atomic E-state index is 0.193. The normalized spacial score (nSPS) is 11.6. The number of hydrogen-bond donors (Lipinski definition) is 2. The zero-order valence-corrected chi connectivity index (χ0v) is 14.9. The van der Waals surface area contributed by atoms with Gasteiger partial charge in [-0.25, -0.2) is 18.1 Å². The molecule has 2 rings (SSSR count). The molecule has 2 aromatic rings. The van der Waals surface area contributed by atoms with E-state index in [0.29, 0.717) is 23.0 Å². The molecule has 2 N–H and O–H groups in total. The second-order valence-corrected chi connectivity index (χ2v) is 9.00. The summed E-state index contributed by atoms with van der Waals surface area (Å²) in [5.74, 6) is -0.193. The maximum absolute atomic E-state index is 12.1. The molecule has 0 saturated carbocycles. The Morgan fingerprint density at radius 1 is 1.27 bits per heavy atom. The third-order valence-electron chi connectivity index (χ3n) is 2.87. The summed E-state index contributed by atoms with van der Waals surface area (Å²) in [6, 6.07) is 3.57. The van der Waals surface area contributed by atoms with Crippen LogP contribution in [0, 0.1) is 13.8 Å². The van der Waals surface area contributed by atoms with Crippen molar-refractivity contribution >= 4 is 43.7 Å². The number of carbonyl (C=O) groups excluding carboxylic acids is 1. The first kappa shape index (κ1) is 17.1. The van der Waals surface area contributed by atoms with E-state index in [1.807, 2.05) is 19.9 Å². The molecule has 2 aromatic heterocycles. The van der Waals surface area contributed by atoms with Gasteiger partial charge in [0.1, 0.15) is 0 Å². The Hall–Kier alpha value is -1.29. The summed E-state index contributed by atoms with van der Waals surface area (Å²) in [5.41, 5.74) is 0.916. The fourth-order valence-electron chi connectivity index (χ4n) is 1.68. The van der Waals surface area contributed by atoms with Gasteiger partial charge in [0, 0.05) is 16.3 Å². The molecule has 22 heavy (non-hydrogen) atoms. The van der Waals surface area contributed by atoms with Crippen molar-refractivity contribution in [3.8, 4) is 0 Å². The Morgan fingerprint density at radius 2 is 2.00 bits per heavy atom. The minimum atomic E-state index is -3.18. The lowest BCUT2D eigenvalue weighted by atomic mass is 10.3. The number of anilines is 1. The molecule has 0 aromatic carbocycles. The van der Waals surface area contributed by atoms with Crippen molar-refractivity contribution < 1.29 is 13.2 Å². The predicted molar refractivity (Wildman–Crippen MR) is 90.4 cm³/mol. The van der Waals surface area contributed by atoms with Crippen molar-refractivity contribution in [1.29, 1.82) is 0 Å². The monoisotopic (exact) mass is 359 g/mol. The zero-order valence-electron chi connectivity index (χ0n) is 12.5. The molecule has 0 aliphatic heterocycles. The second kappa shape index (κ2) is 6.86. The summed E-state index contributed by atoms with van der Waals surface area (Å²) in [6.45, 7) is 4.19. The van der Waals surface area contributed by atoms with E-state index >= 15 is 0 Å². The van der Waals surface area contributed by atoms with Gasteiger partial charge in [0.2, 0.25) is 10.0 Å². The molecular formula is C13H17N3O3S3. The van der Waals surface area contributed by atoms with E-state index in [1.54, 1.807) is 6.07 Å². The van der Waals surface area contributed by atoms with Crippen molar-refractivity contribution in [2.75, 3.05) is 18.1 Å². The van der Waals surface area contributed by atoms with Gasteiger partial charge >= 0.3 is 0 Å². The van der Waals surface area contributed by atoms with E-state index in [-0.39, 0.29) is 5.91 Å². The van der Waals surface area contributed by atoms with Crippen molar-refractivity contribution in [1.82, 2.24) is 9.71 Å². The number of amides is 1. The topological polar surface area (TPSA) is 88.2 Å². The average Bonchev–Trinajstić information content (AvgIpc) is 2.96. The number of hydrogen-bond acceptors (Lipinski definition) is 6. The summed E-state index contributed by atoms with van der Waals surface area (Å²) in [7, 11) is -3.18. The first-order valence-electron chi connectivity index (χ1n) is 6.53. The van der Waals surface area contributed by atoms with Crippen LogP contribution in [0.2, 0.25) is 0 Å². The number of thiazole rings is 1. The van der Waals surface area contributed by atoms with Gasteiger partial charge in [0.25, 0.3) is 5.91 Å². The van der Waals surface area contributed by atoms with E-state index in [4.69, 9.17) is 0 Å². The molecule has 120 valence electrons. The number of nitrogens with one attached hydrogen (secondary N) is 2. The van der Waals surface area contributed by atoms with Crippen LogP contribution >= 0.6 is 22.7 Å². The number of carbonyl (C=O) groups is 1. The Labute approximate surface area is 137 Å². The summed E-state index contributed by atoms with van der Waals surface area (Å²) < 4.78 is 24.4. The molecule has 0 unspecified atom stereocenters. The molecule has 9 heteroatoms. The Bertz CT molecular complexity index is 758. The lowest BCUT2D eigenvalue weighted by molar-refractivity contribution is 0.103. The van der Waals surface area contributed by atoms with Gasteiger partial charge < -0.3 is 0 Å². The largest absolute Gasteiger partial charge is 0.297 e. The molecule has 0 spiro atoms. The number of nitrogens with zero attached hydrogens (tertiary/aromatic N) is 1. The van der Waals surface area contributed by atoms with E-state index in [9.17, 15) is 13.2 Å². The third kappa shape index (κ3) is 4.87. The van der Waals surface area contributed by atoms with Crippen LogP contribution in [-0.2, 0) is 16.4 Å². The SMILES string of the molecule is Cc1nc(NC(=O)c2ccc(CCNS(C)(=O)=O)s2)sc1C. The maximum atomic E-state index is 12.1. The van der Waals surface area contributed by atoms with Gasteiger partial charge in [0.05, 0.1) is 16.8 Å². The van der Waals surface area contributed by atoms with Crippen LogP contribution in [0.5, 0.6) is 0 Å². The highest BCUT2D eigenvalue weighted by molar-refractivity contribution is 7.88. The molecule has 1 amide bonds. The molecule has 2 heterocycles. The lowest BCUT2D eigenvalue weighted by Gasteiger charge is -2.00. The van der Waals surface area contributed by atoms with Gasteiger partial charge in [-0.1, -0.05) is 0 Å². The third-order valence-corrected chi connectivity index (χ3v) is 5.73. The second-order valence-electron chi connectivity index (χ2n) is 4.80. The molecule has 0 fully saturated rings. The number of rotatable bonds is 6. The summed E-state index contributed by atoms with van der Waals surface area (Å²) in [6.07, 6.45) is 1.68. The van der Waals surface area contributed by atoms with Gasteiger partial charge in [-0.15, -0.1) is 22.7 Å². The van der Waals surface area contributed by atoms with Crippen molar-refractivity contribution in [3.63, 3.8) is 0 Å². The van der Waals surface area contributed by atoms with Gasteiger partial charge in [-0.2, -0.15) is 0 Å². The van der Waals surface area contributed by atoms with Crippen LogP contribution in [0.25, 0.3) is 0 Å². The Morgan fingerprint density at radius 3 is 2.59 bits per heavy atom. The van der Waals surface area contributed by atoms with E-state index in [0.717, 1.165) is 21.7 Å². The standard InChI is InChI=1S/C13H17N3O3S3/c1-8-9(2)20-13(15-8)16-12(17)11-5-4-10(21-11)6-7-14-22(3,18)19/h4-5,14H,6-7H2,1-3H3,(H,15,16,17). The highest BCUT2D eigenvalue weighted by atomic mass is 32.2.